The van der Waals surface area contributed by atoms with Crippen molar-refractivity contribution in [2.24, 2.45) is 0 Å². The Morgan fingerprint density at radius 2 is 2.07 bits per heavy atom. The van der Waals surface area contributed by atoms with Gasteiger partial charge in [0.1, 0.15) is 5.82 Å². The maximum atomic E-state index is 5.71. The van der Waals surface area contributed by atoms with E-state index in [1.807, 2.05) is 31.3 Å². The van der Waals surface area contributed by atoms with E-state index in [2.05, 4.69) is 22.9 Å². The number of hydrogen-bond donors (Lipinski definition) is 1. The van der Waals surface area contributed by atoms with Crippen molar-refractivity contribution in [3.63, 3.8) is 0 Å². The standard InChI is InChI=1S/C12H15N3/c1-3-15(2)12-7-4-9-8-10(13)5-6-11(9)14-12/h4-8H,3,13H2,1-2H3. The first kappa shape index (κ1) is 9.77. The van der Waals surface area contributed by atoms with Gasteiger partial charge in [-0.25, -0.2) is 4.98 Å². The Hall–Kier alpha value is -1.77. The number of pyridine rings is 1. The molecule has 0 fully saturated rings. The Balaban J connectivity index is 2.52. The first-order valence-electron chi connectivity index (χ1n) is 5.08. The first-order valence-corrected chi connectivity index (χ1v) is 5.08. The maximum absolute atomic E-state index is 5.71. The summed E-state index contributed by atoms with van der Waals surface area (Å²) in [5.41, 5.74) is 7.48. The molecule has 0 aliphatic heterocycles. The molecule has 0 unspecified atom stereocenters. The summed E-state index contributed by atoms with van der Waals surface area (Å²) < 4.78 is 0. The van der Waals surface area contributed by atoms with Crippen LogP contribution >= 0.6 is 0 Å². The number of rotatable bonds is 2. The van der Waals surface area contributed by atoms with Crippen LogP contribution in [0.25, 0.3) is 10.9 Å². The van der Waals surface area contributed by atoms with Gasteiger partial charge in [0.05, 0.1) is 5.52 Å². The van der Waals surface area contributed by atoms with E-state index in [0.717, 1.165) is 29.0 Å². The molecule has 3 heteroatoms. The van der Waals surface area contributed by atoms with Crippen LogP contribution in [0.5, 0.6) is 0 Å². The fourth-order valence-electron chi connectivity index (χ4n) is 1.51. The van der Waals surface area contributed by atoms with Crippen LogP contribution in [0.4, 0.5) is 11.5 Å². The van der Waals surface area contributed by atoms with Crippen LogP contribution < -0.4 is 10.6 Å². The zero-order valence-electron chi connectivity index (χ0n) is 9.07. The molecule has 2 N–H and O–H groups in total. The van der Waals surface area contributed by atoms with Crippen LogP contribution in [-0.4, -0.2) is 18.6 Å². The highest BCUT2D eigenvalue weighted by Crippen LogP contribution is 2.19. The molecule has 0 saturated heterocycles. The minimum absolute atomic E-state index is 0.779. The molecule has 0 radical (unpaired) electrons. The van der Waals surface area contributed by atoms with Crippen LogP contribution in [-0.2, 0) is 0 Å². The molecular formula is C12H15N3. The summed E-state index contributed by atoms with van der Waals surface area (Å²) in [5, 5.41) is 1.09. The number of anilines is 2. The van der Waals surface area contributed by atoms with Crippen LogP contribution in [0.3, 0.4) is 0 Å². The predicted octanol–water partition coefficient (Wildman–Crippen LogP) is 2.27. The van der Waals surface area contributed by atoms with Gasteiger partial charge in [-0.3, -0.25) is 0 Å². The number of nitrogen functional groups attached to an aromatic ring is 1. The van der Waals surface area contributed by atoms with Gasteiger partial charge in [-0.05, 0) is 37.3 Å². The Kier molecular flexibility index (Phi) is 2.46. The number of nitrogens with zero attached hydrogens (tertiary/aromatic N) is 2. The largest absolute Gasteiger partial charge is 0.399 e. The smallest absolute Gasteiger partial charge is 0.128 e. The molecule has 0 aliphatic carbocycles. The highest BCUT2D eigenvalue weighted by molar-refractivity contribution is 5.83. The average Bonchev–Trinajstić information content (AvgIpc) is 2.27. The van der Waals surface area contributed by atoms with Gasteiger partial charge in [0.25, 0.3) is 0 Å². The molecule has 3 nitrogen and oxygen atoms in total. The Morgan fingerprint density at radius 3 is 2.80 bits per heavy atom. The Labute approximate surface area is 89.5 Å². The number of nitrogens with two attached hydrogens (primary N) is 1. The summed E-state index contributed by atoms with van der Waals surface area (Å²) in [5.74, 6) is 0.995. The van der Waals surface area contributed by atoms with Crippen molar-refractivity contribution in [3.05, 3.63) is 30.3 Å². The molecule has 2 aromatic rings. The first-order chi connectivity index (χ1) is 7.20. The van der Waals surface area contributed by atoms with E-state index in [4.69, 9.17) is 5.73 Å². The van der Waals surface area contributed by atoms with Crippen molar-refractivity contribution < 1.29 is 0 Å². The zero-order chi connectivity index (χ0) is 10.8. The quantitative estimate of drug-likeness (QED) is 0.758. The molecule has 0 spiro atoms. The summed E-state index contributed by atoms with van der Waals surface area (Å²) in [6, 6.07) is 9.85. The molecule has 0 amide bonds. The van der Waals surface area contributed by atoms with Gasteiger partial charge in [0, 0.05) is 24.7 Å². The molecule has 0 atom stereocenters. The molecule has 1 heterocycles. The average molecular weight is 201 g/mol. The van der Waals surface area contributed by atoms with Crippen molar-refractivity contribution in [2.75, 3.05) is 24.2 Å². The molecule has 0 aliphatic rings. The van der Waals surface area contributed by atoms with Crippen molar-refractivity contribution in [3.8, 4) is 0 Å². The van der Waals surface area contributed by atoms with E-state index in [-0.39, 0.29) is 0 Å². The molecule has 0 saturated carbocycles. The zero-order valence-corrected chi connectivity index (χ0v) is 9.07. The van der Waals surface area contributed by atoms with Gasteiger partial charge >= 0.3 is 0 Å². The summed E-state index contributed by atoms with van der Waals surface area (Å²) in [6.07, 6.45) is 0. The van der Waals surface area contributed by atoms with E-state index >= 15 is 0 Å². The number of benzene rings is 1. The van der Waals surface area contributed by atoms with E-state index < -0.39 is 0 Å². The van der Waals surface area contributed by atoms with Gasteiger partial charge in [-0.1, -0.05) is 0 Å². The second-order valence-corrected chi connectivity index (χ2v) is 3.64. The molecule has 15 heavy (non-hydrogen) atoms. The monoisotopic (exact) mass is 201 g/mol. The van der Waals surface area contributed by atoms with Gasteiger partial charge < -0.3 is 10.6 Å². The third-order valence-electron chi connectivity index (χ3n) is 2.56. The molecule has 1 aromatic carbocycles. The van der Waals surface area contributed by atoms with E-state index in [9.17, 15) is 0 Å². The van der Waals surface area contributed by atoms with Crippen LogP contribution in [0.1, 0.15) is 6.92 Å². The summed E-state index contributed by atoms with van der Waals surface area (Å²) in [4.78, 5) is 6.66. The normalized spacial score (nSPS) is 10.5. The Morgan fingerprint density at radius 1 is 1.27 bits per heavy atom. The van der Waals surface area contributed by atoms with Crippen molar-refractivity contribution in [2.45, 2.75) is 6.92 Å². The van der Waals surface area contributed by atoms with E-state index in [1.54, 1.807) is 0 Å². The lowest BCUT2D eigenvalue weighted by atomic mass is 10.2. The van der Waals surface area contributed by atoms with Gasteiger partial charge in [0.2, 0.25) is 0 Å². The number of aromatic nitrogens is 1. The predicted molar refractivity (Wildman–Crippen MR) is 65.1 cm³/mol. The second-order valence-electron chi connectivity index (χ2n) is 3.64. The molecular weight excluding hydrogens is 186 g/mol. The van der Waals surface area contributed by atoms with Crippen molar-refractivity contribution in [1.82, 2.24) is 4.98 Å². The van der Waals surface area contributed by atoms with Gasteiger partial charge in [-0.2, -0.15) is 0 Å². The fourth-order valence-corrected chi connectivity index (χ4v) is 1.51. The SMILES string of the molecule is CCN(C)c1ccc2cc(N)ccc2n1. The minimum Gasteiger partial charge on any atom is -0.399 e. The lowest BCUT2D eigenvalue weighted by Gasteiger charge is -2.15. The molecule has 2 rings (SSSR count). The van der Waals surface area contributed by atoms with Crippen LogP contribution in [0, 0.1) is 0 Å². The lowest BCUT2D eigenvalue weighted by molar-refractivity contribution is 0.944. The molecule has 0 bridgehead atoms. The van der Waals surface area contributed by atoms with Crippen LogP contribution in [0.15, 0.2) is 30.3 Å². The lowest BCUT2D eigenvalue weighted by Crippen LogP contribution is -2.16. The third kappa shape index (κ3) is 1.86. The third-order valence-corrected chi connectivity index (χ3v) is 2.56. The minimum atomic E-state index is 0.779. The van der Waals surface area contributed by atoms with Crippen molar-refractivity contribution in [1.29, 1.82) is 0 Å². The maximum Gasteiger partial charge on any atom is 0.128 e. The summed E-state index contributed by atoms with van der Waals surface area (Å²) in [7, 11) is 2.03. The molecule has 1 aromatic heterocycles. The number of hydrogen-bond acceptors (Lipinski definition) is 3. The summed E-state index contributed by atoms with van der Waals surface area (Å²) in [6.45, 7) is 3.06. The molecule has 78 valence electrons. The fraction of sp³-hybridized carbons (Fsp3) is 0.250. The number of fused-ring (bicyclic) bond motifs is 1. The Bertz CT molecular complexity index is 479. The topological polar surface area (TPSA) is 42.1 Å². The second kappa shape index (κ2) is 3.77. The van der Waals surface area contributed by atoms with Gasteiger partial charge in [0.15, 0.2) is 0 Å². The van der Waals surface area contributed by atoms with Crippen LogP contribution in [0.2, 0.25) is 0 Å². The highest BCUT2D eigenvalue weighted by Gasteiger charge is 2.01. The summed E-state index contributed by atoms with van der Waals surface area (Å²) >= 11 is 0. The highest BCUT2D eigenvalue weighted by atomic mass is 15.2. The van der Waals surface area contributed by atoms with E-state index in [0.29, 0.717) is 0 Å². The van der Waals surface area contributed by atoms with E-state index in [1.165, 1.54) is 0 Å². The van der Waals surface area contributed by atoms with Gasteiger partial charge in [-0.15, -0.1) is 0 Å². The van der Waals surface area contributed by atoms with Crippen molar-refractivity contribution >= 4 is 22.4 Å².